The van der Waals surface area contributed by atoms with Crippen LogP contribution in [0.5, 0.6) is 0 Å². The van der Waals surface area contributed by atoms with Crippen molar-refractivity contribution in [3.63, 3.8) is 0 Å². The first-order chi connectivity index (χ1) is 27.8. The molecule has 56 heavy (non-hydrogen) atoms. The predicted octanol–water partition coefficient (Wildman–Crippen LogP) is 14.5. The van der Waals surface area contributed by atoms with E-state index in [4.69, 9.17) is 9.40 Å². The lowest BCUT2D eigenvalue weighted by Gasteiger charge is -2.40. The zero-order chi connectivity index (χ0) is 37.0. The summed E-state index contributed by atoms with van der Waals surface area (Å²) in [6.07, 6.45) is 0. The Morgan fingerprint density at radius 3 is 1.62 bits per heavy atom. The van der Waals surface area contributed by atoms with Crippen molar-refractivity contribution in [1.82, 2.24) is 4.98 Å². The molecule has 1 aromatic heterocycles. The third-order valence-electron chi connectivity index (χ3n) is 10.7. The average molecular weight is 719 g/mol. The van der Waals surface area contributed by atoms with Crippen molar-refractivity contribution in [3.05, 3.63) is 206 Å². The Morgan fingerprint density at radius 1 is 0.411 bits per heavy atom. The minimum atomic E-state index is 0.622. The minimum Gasteiger partial charge on any atom is -0.435 e. The van der Waals surface area contributed by atoms with Crippen LogP contribution in [0.1, 0.15) is 0 Å². The maximum absolute atomic E-state index is 6.59. The summed E-state index contributed by atoms with van der Waals surface area (Å²) in [4.78, 5) is 12.0. The summed E-state index contributed by atoms with van der Waals surface area (Å²) >= 11 is 0. The van der Waals surface area contributed by atoms with Gasteiger partial charge in [-0.2, -0.15) is 0 Å². The fourth-order valence-corrected chi connectivity index (χ4v) is 8.23. The zero-order valence-electron chi connectivity index (χ0n) is 30.3. The van der Waals surface area contributed by atoms with E-state index in [-0.39, 0.29) is 0 Å². The number of benzene rings is 9. The highest BCUT2D eigenvalue weighted by Crippen LogP contribution is 2.54. The quantitative estimate of drug-likeness (QED) is 0.160. The third kappa shape index (κ3) is 5.21. The topological polar surface area (TPSA) is 35.8 Å². The summed E-state index contributed by atoms with van der Waals surface area (Å²) in [5.41, 5.74) is 12.4. The summed E-state index contributed by atoms with van der Waals surface area (Å²) in [6, 6.07) is 72.8. The second-order valence-electron chi connectivity index (χ2n) is 14.0. The number of rotatable bonds is 6. The molecule has 0 radical (unpaired) electrons. The molecule has 0 aliphatic carbocycles. The van der Waals surface area contributed by atoms with Gasteiger partial charge in [-0.05, 0) is 113 Å². The van der Waals surface area contributed by atoms with Gasteiger partial charge in [-0.15, -0.1) is 0 Å². The maximum atomic E-state index is 6.59. The molecule has 2 heterocycles. The third-order valence-corrected chi connectivity index (χ3v) is 10.7. The van der Waals surface area contributed by atoms with Gasteiger partial charge in [-0.3, -0.25) is 0 Å². The van der Waals surface area contributed by atoms with E-state index in [1.807, 2.05) is 30.3 Å². The van der Waals surface area contributed by atoms with Crippen LogP contribution in [0, 0.1) is 0 Å². The van der Waals surface area contributed by atoms with Crippen molar-refractivity contribution in [3.8, 4) is 11.5 Å². The smallest absolute Gasteiger partial charge is 0.227 e. The van der Waals surface area contributed by atoms with Gasteiger partial charge in [0.05, 0.1) is 22.7 Å². The van der Waals surface area contributed by atoms with Gasteiger partial charge in [0, 0.05) is 39.4 Å². The van der Waals surface area contributed by atoms with Gasteiger partial charge in [0.1, 0.15) is 5.52 Å². The molecule has 264 valence electrons. The first-order valence-electron chi connectivity index (χ1n) is 18.9. The predicted molar refractivity (Wildman–Crippen MR) is 232 cm³/mol. The lowest BCUT2D eigenvalue weighted by Crippen LogP contribution is -2.24. The molecule has 1 aliphatic heterocycles. The van der Waals surface area contributed by atoms with E-state index in [9.17, 15) is 0 Å². The van der Waals surface area contributed by atoms with Crippen molar-refractivity contribution in [2.24, 2.45) is 0 Å². The van der Waals surface area contributed by atoms with E-state index in [0.29, 0.717) is 5.89 Å². The van der Waals surface area contributed by atoms with Crippen molar-refractivity contribution >= 4 is 83.8 Å². The molecule has 0 atom stereocenters. The first kappa shape index (κ1) is 31.9. The lowest BCUT2D eigenvalue weighted by molar-refractivity contribution is 0.623. The Morgan fingerprint density at radius 2 is 0.929 bits per heavy atom. The van der Waals surface area contributed by atoms with Gasteiger partial charge in [0.15, 0.2) is 5.58 Å². The Balaban J connectivity index is 1.08. The second-order valence-corrected chi connectivity index (χ2v) is 14.0. The molecule has 10 aromatic rings. The molecular formula is C51H34N4O. The van der Waals surface area contributed by atoms with Crippen molar-refractivity contribution in [2.75, 3.05) is 14.7 Å². The number of oxazole rings is 1. The summed E-state index contributed by atoms with van der Waals surface area (Å²) in [5.74, 6) is 0.622. The lowest BCUT2D eigenvalue weighted by atomic mass is 10.00. The molecular weight excluding hydrogens is 685 g/mol. The highest BCUT2D eigenvalue weighted by atomic mass is 16.3. The van der Waals surface area contributed by atoms with Crippen LogP contribution in [0.2, 0.25) is 0 Å². The van der Waals surface area contributed by atoms with Crippen LogP contribution in [-0.2, 0) is 0 Å². The minimum absolute atomic E-state index is 0.622. The molecule has 0 saturated heterocycles. The molecule has 5 nitrogen and oxygen atoms in total. The largest absolute Gasteiger partial charge is 0.435 e. The van der Waals surface area contributed by atoms with Crippen molar-refractivity contribution in [1.29, 1.82) is 0 Å². The molecule has 1 aliphatic rings. The Bertz CT molecular complexity index is 3000. The normalized spacial score (nSPS) is 12.2. The molecule has 11 rings (SSSR count). The molecule has 0 amide bonds. The van der Waals surface area contributed by atoms with E-state index in [1.165, 1.54) is 0 Å². The summed E-state index contributed by atoms with van der Waals surface area (Å²) in [7, 11) is 0. The van der Waals surface area contributed by atoms with E-state index in [0.717, 1.165) is 89.4 Å². The van der Waals surface area contributed by atoms with Crippen LogP contribution in [0.15, 0.2) is 211 Å². The van der Waals surface area contributed by atoms with Crippen molar-refractivity contribution < 1.29 is 4.42 Å². The van der Waals surface area contributed by atoms with E-state index in [1.54, 1.807) is 0 Å². The number of anilines is 9. The highest BCUT2D eigenvalue weighted by Gasteiger charge is 2.30. The van der Waals surface area contributed by atoms with Crippen LogP contribution in [0.3, 0.4) is 0 Å². The molecule has 0 spiro atoms. The van der Waals surface area contributed by atoms with Gasteiger partial charge in [-0.1, -0.05) is 109 Å². The number of nitrogens with zero attached hydrogens (tertiary/aromatic N) is 4. The molecule has 9 aromatic carbocycles. The molecule has 0 bridgehead atoms. The summed E-state index contributed by atoms with van der Waals surface area (Å²) in [5, 5.41) is 4.41. The first-order valence-corrected chi connectivity index (χ1v) is 18.9. The molecule has 0 fully saturated rings. The Kier molecular flexibility index (Phi) is 7.42. The Labute approximate surface area is 324 Å². The number of fused-ring (bicyclic) bond motifs is 7. The monoisotopic (exact) mass is 718 g/mol. The van der Waals surface area contributed by atoms with Crippen LogP contribution in [0.25, 0.3) is 44.1 Å². The van der Waals surface area contributed by atoms with Crippen LogP contribution < -0.4 is 14.7 Å². The van der Waals surface area contributed by atoms with Crippen LogP contribution in [-0.4, -0.2) is 4.98 Å². The highest BCUT2D eigenvalue weighted by molar-refractivity contribution is 6.18. The van der Waals surface area contributed by atoms with Crippen LogP contribution in [0.4, 0.5) is 51.2 Å². The van der Waals surface area contributed by atoms with Crippen molar-refractivity contribution in [2.45, 2.75) is 0 Å². The number of aromatic nitrogens is 1. The number of hydrogen-bond acceptors (Lipinski definition) is 5. The molecule has 0 saturated carbocycles. The van der Waals surface area contributed by atoms with E-state index >= 15 is 0 Å². The van der Waals surface area contributed by atoms with Gasteiger partial charge in [0.2, 0.25) is 5.89 Å². The Hall–Kier alpha value is -7.63. The molecule has 0 unspecified atom stereocenters. The fourth-order valence-electron chi connectivity index (χ4n) is 8.23. The molecule has 0 N–H and O–H groups in total. The van der Waals surface area contributed by atoms with E-state index in [2.05, 4.69) is 191 Å². The SMILES string of the molecule is c1ccc(-c2nc3ccc4ccc5ccc(N(c6ccccc6)c6cccc(N7c8ccccc8N(c8ccccc8)c8ccccc87)c6)cc5c4c3o2)cc1. The van der Waals surface area contributed by atoms with Gasteiger partial charge in [-0.25, -0.2) is 4.98 Å². The number of para-hydroxylation sites is 6. The summed E-state index contributed by atoms with van der Waals surface area (Å²) < 4.78 is 6.59. The van der Waals surface area contributed by atoms with E-state index < -0.39 is 0 Å². The molecule has 5 heteroatoms. The zero-order valence-corrected chi connectivity index (χ0v) is 30.3. The standard InChI is InChI=1S/C51H34N4O/c1-4-15-37(16-5-1)51-52-44-32-30-36-28-27-35-29-31-42(34-43(35)49(36)50(44)56-51)53(38-17-6-2-7-18-38)40-21-14-22-41(33-40)55-47-25-12-10-23-45(47)54(39-19-8-3-9-20-39)46-24-11-13-26-48(46)55/h1-34H. The van der Waals surface area contributed by atoms with Gasteiger partial charge < -0.3 is 19.1 Å². The average Bonchev–Trinajstić information content (AvgIpc) is 3.71. The summed E-state index contributed by atoms with van der Waals surface area (Å²) in [6.45, 7) is 0. The van der Waals surface area contributed by atoms with Gasteiger partial charge in [0.25, 0.3) is 0 Å². The fraction of sp³-hybridized carbons (Fsp3) is 0. The van der Waals surface area contributed by atoms with Crippen LogP contribution >= 0.6 is 0 Å². The van der Waals surface area contributed by atoms with Gasteiger partial charge >= 0.3 is 0 Å². The number of hydrogen-bond donors (Lipinski definition) is 0. The second kappa shape index (κ2) is 13.0. The maximum Gasteiger partial charge on any atom is 0.227 e.